The topological polar surface area (TPSA) is 103 Å². The molecule has 0 aliphatic carbocycles. The number of hydrogen-bond donors (Lipinski definition) is 1. The van der Waals surface area contributed by atoms with Crippen LogP contribution in [0.2, 0.25) is 0 Å². The highest BCUT2D eigenvalue weighted by Crippen LogP contribution is 2.34. The maximum absolute atomic E-state index is 12.4. The molecular weight excluding hydrogens is 406 g/mol. The number of non-ortho nitro benzene ring substituents is 1. The van der Waals surface area contributed by atoms with Crippen molar-refractivity contribution in [3.63, 3.8) is 0 Å². The second-order valence-corrected chi connectivity index (χ2v) is 7.44. The van der Waals surface area contributed by atoms with Gasteiger partial charge in [0.2, 0.25) is 0 Å². The van der Waals surface area contributed by atoms with Crippen LogP contribution in [-0.4, -0.2) is 30.3 Å². The molecule has 2 aromatic carbocycles. The molecule has 9 heteroatoms. The summed E-state index contributed by atoms with van der Waals surface area (Å²) in [5.41, 5.74) is 2.50. The van der Waals surface area contributed by atoms with E-state index in [0.717, 1.165) is 11.3 Å². The third-order valence-electron chi connectivity index (χ3n) is 4.55. The number of rotatable bonds is 6. The van der Waals surface area contributed by atoms with Crippen molar-refractivity contribution in [3.8, 4) is 5.75 Å². The predicted molar refractivity (Wildman–Crippen MR) is 115 cm³/mol. The van der Waals surface area contributed by atoms with Gasteiger partial charge in [-0.05, 0) is 30.2 Å². The molecule has 1 aliphatic heterocycles. The van der Waals surface area contributed by atoms with E-state index in [9.17, 15) is 14.9 Å². The van der Waals surface area contributed by atoms with Crippen molar-refractivity contribution in [2.45, 2.75) is 18.7 Å². The lowest BCUT2D eigenvalue weighted by Crippen LogP contribution is -2.30. The van der Waals surface area contributed by atoms with Crippen molar-refractivity contribution >= 4 is 28.6 Å². The molecule has 0 aromatic heterocycles. The minimum Gasteiger partial charge on any atom is -0.497 e. The lowest BCUT2D eigenvalue weighted by atomic mass is 9.96. The summed E-state index contributed by atoms with van der Waals surface area (Å²) in [6.45, 7) is 1.76. The summed E-state index contributed by atoms with van der Waals surface area (Å²) in [5, 5.41) is 14.9. The number of aliphatic imine (C=N–C) groups is 1. The summed E-state index contributed by atoms with van der Waals surface area (Å²) < 4.78 is 10.1. The predicted octanol–water partition coefficient (Wildman–Crippen LogP) is 3.98. The van der Waals surface area contributed by atoms with Gasteiger partial charge in [-0.3, -0.25) is 10.1 Å². The number of nitrogens with zero attached hydrogens (tertiary/aromatic N) is 2. The second-order valence-electron chi connectivity index (χ2n) is 6.48. The standard InChI is InChI=1S/C21H21N3O5S/c1-13-18(20(25)29-3)19(15-5-4-6-16(11-15)24(26)27)23-21(22-13)30-12-14-7-9-17(28-2)10-8-14/h4-11,19H,12H2,1-3H3,(H,22,23). The Hall–Kier alpha value is -3.33. The van der Waals surface area contributed by atoms with Crippen LogP contribution in [0.4, 0.5) is 5.69 Å². The number of esters is 1. The fourth-order valence-electron chi connectivity index (χ4n) is 3.02. The van der Waals surface area contributed by atoms with Crippen molar-refractivity contribution in [3.05, 3.63) is 81.0 Å². The Labute approximate surface area is 178 Å². The number of methoxy groups -OCH3 is 2. The highest BCUT2D eigenvalue weighted by atomic mass is 32.2. The van der Waals surface area contributed by atoms with Gasteiger partial charge in [-0.25, -0.2) is 9.79 Å². The van der Waals surface area contributed by atoms with Gasteiger partial charge in [-0.1, -0.05) is 36.0 Å². The van der Waals surface area contributed by atoms with Gasteiger partial charge in [0.15, 0.2) is 5.17 Å². The first-order valence-corrected chi connectivity index (χ1v) is 10.1. The number of thioether (sulfide) groups is 1. The van der Waals surface area contributed by atoms with Crippen LogP contribution in [0.3, 0.4) is 0 Å². The Morgan fingerprint density at radius 1 is 1.23 bits per heavy atom. The third kappa shape index (κ3) is 4.80. The number of amidine groups is 1. The molecule has 8 nitrogen and oxygen atoms in total. The molecule has 0 amide bonds. The molecule has 0 fully saturated rings. The fraction of sp³-hybridized carbons (Fsp3) is 0.238. The van der Waals surface area contributed by atoms with E-state index in [1.54, 1.807) is 26.2 Å². The van der Waals surface area contributed by atoms with Gasteiger partial charge in [-0.15, -0.1) is 0 Å². The molecule has 3 rings (SSSR count). The average Bonchev–Trinajstić information content (AvgIpc) is 2.77. The number of nitrogens with one attached hydrogen (secondary N) is 1. The summed E-state index contributed by atoms with van der Waals surface area (Å²) in [5.74, 6) is 0.904. The molecule has 1 heterocycles. The summed E-state index contributed by atoms with van der Waals surface area (Å²) in [6, 6.07) is 13.1. The first-order valence-electron chi connectivity index (χ1n) is 9.07. The number of nitro groups is 1. The van der Waals surface area contributed by atoms with Crippen molar-refractivity contribution in [2.24, 2.45) is 4.99 Å². The van der Waals surface area contributed by atoms with Crippen LogP contribution < -0.4 is 10.1 Å². The Morgan fingerprint density at radius 2 is 1.97 bits per heavy atom. The number of carbonyl (C=O) groups excluding carboxylic acids is 1. The van der Waals surface area contributed by atoms with E-state index in [1.165, 1.54) is 31.0 Å². The van der Waals surface area contributed by atoms with Crippen molar-refractivity contribution in [2.75, 3.05) is 14.2 Å². The van der Waals surface area contributed by atoms with Gasteiger partial charge < -0.3 is 14.8 Å². The molecule has 0 radical (unpaired) electrons. The largest absolute Gasteiger partial charge is 0.497 e. The number of allylic oxidation sites excluding steroid dienone is 1. The normalized spacial score (nSPS) is 15.8. The second kappa shape index (κ2) is 9.45. The van der Waals surface area contributed by atoms with Crippen molar-refractivity contribution in [1.82, 2.24) is 5.32 Å². The molecule has 1 unspecified atom stereocenters. The Morgan fingerprint density at radius 3 is 2.60 bits per heavy atom. The number of nitro benzene ring substituents is 1. The van der Waals surface area contributed by atoms with Gasteiger partial charge >= 0.3 is 5.97 Å². The highest BCUT2D eigenvalue weighted by molar-refractivity contribution is 8.13. The van der Waals surface area contributed by atoms with E-state index in [2.05, 4.69) is 10.3 Å². The first-order chi connectivity index (χ1) is 14.4. The monoisotopic (exact) mass is 427 g/mol. The van der Waals surface area contributed by atoms with Crippen LogP contribution in [0.25, 0.3) is 0 Å². The molecule has 30 heavy (non-hydrogen) atoms. The van der Waals surface area contributed by atoms with Gasteiger partial charge in [-0.2, -0.15) is 0 Å². The number of hydrogen-bond acceptors (Lipinski definition) is 8. The molecule has 1 atom stereocenters. The zero-order valence-electron chi connectivity index (χ0n) is 16.7. The Kier molecular flexibility index (Phi) is 6.73. The summed E-state index contributed by atoms with van der Waals surface area (Å²) in [4.78, 5) is 27.8. The maximum Gasteiger partial charge on any atom is 0.338 e. The lowest BCUT2D eigenvalue weighted by Gasteiger charge is -2.25. The van der Waals surface area contributed by atoms with Crippen LogP contribution in [0, 0.1) is 10.1 Å². The van der Waals surface area contributed by atoms with Crippen LogP contribution >= 0.6 is 11.8 Å². The van der Waals surface area contributed by atoms with E-state index >= 15 is 0 Å². The van der Waals surface area contributed by atoms with Gasteiger partial charge in [0.1, 0.15) is 11.8 Å². The molecule has 0 spiro atoms. The fourth-order valence-corrected chi connectivity index (χ4v) is 3.92. The summed E-state index contributed by atoms with van der Waals surface area (Å²) in [6.07, 6.45) is 0. The molecule has 1 N–H and O–H groups in total. The van der Waals surface area contributed by atoms with Crippen LogP contribution in [0.1, 0.15) is 24.1 Å². The molecule has 2 aromatic rings. The van der Waals surface area contributed by atoms with Crippen LogP contribution in [0.5, 0.6) is 5.75 Å². The molecule has 0 bridgehead atoms. The number of carbonyl (C=O) groups is 1. The zero-order valence-corrected chi connectivity index (χ0v) is 17.6. The minimum absolute atomic E-state index is 0.0597. The number of benzene rings is 2. The van der Waals surface area contributed by atoms with E-state index < -0.39 is 16.9 Å². The van der Waals surface area contributed by atoms with E-state index in [0.29, 0.717) is 27.8 Å². The molecule has 1 aliphatic rings. The van der Waals surface area contributed by atoms with Gasteiger partial charge in [0.25, 0.3) is 5.69 Å². The average molecular weight is 427 g/mol. The summed E-state index contributed by atoms with van der Waals surface area (Å²) in [7, 11) is 2.91. The molecule has 0 saturated heterocycles. The van der Waals surface area contributed by atoms with Crippen LogP contribution in [-0.2, 0) is 15.3 Å². The number of ether oxygens (including phenoxy) is 2. The summed E-state index contributed by atoms with van der Waals surface area (Å²) >= 11 is 1.48. The van der Waals surface area contributed by atoms with Crippen molar-refractivity contribution < 1.29 is 19.2 Å². The highest BCUT2D eigenvalue weighted by Gasteiger charge is 2.30. The molecular formula is C21H21N3O5S. The van der Waals surface area contributed by atoms with Gasteiger partial charge in [0.05, 0.1) is 24.7 Å². The van der Waals surface area contributed by atoms with Crippen molar-refractivity contribution in [1.29, 1.82) is 0 Å². The molecule has 0 saturated carbocycles. The van der Waals surface area contributed by atoms with E-state index in [1.807, 2.05) is 24.3 Å². The quantitative estimate of drug-likeness (QED) is 0.422. The van der Waals surface area contributed by atoms with Crippen LogP contribution in [0.15, 0.2) is 64.8 Å². The molecule has 156 valence electrons. The Balaban J connectivity index is 1.89. The smallest absolute Gasteiger partial charge is 0.338 e. The maximum atomic E-state index is 12.4. The lowest BCUT2D eigenvalue weighted by molar-refractivity contribution is -0.384. The van der Waals surface area contributed by atoms with E-state index in [4.69, 9.17) is 9.47 Å². The Bertz CT molecular complexity index is 1020. The van der Waals surface area contributed by atoms with Gasteiger partial charge in [0, 0.05) is 23.6 Å². The minimum atomic E-state index is -0.697. The SMILES string of the molecule is COC(=O)C1=C(C)NC(SCc2ccc(OC)cc2)=NC1c1cccc([N+](=O)[O-])c1. The first kappa shape index (κ1) is 21.4. The van der Waals surface area contributed by atoms with E-state index in [-0.39, 0.29) is 5.69 Å². The zero-order chi connectivity index (χ0) is 21.7. The third-order valence-corrected chi connectivity index (χ3v) is 5.51.